The van der Waals surface area contributed by atoms with E-state index < -0.39 is 16.0 Å². The van der Waals surface area contributed by atoms with Crippen molar-refractivity contribution in [2.24, 2.45) is 5.92 Å². The Hall–Kier alpha value is -2.74. The monoisotopic (exact) mass is 489 g/mol. The minimum absolute atomic E-state index is 0.0179. The lowest BCUT2D eigenvalue weighted by atomic mass is 9.97. The first-order valence-electron chi connectivity index (χ1n) is 10.8. The highest BCUT2D eigenvalue weighted by Gasteiger charge is 2.34. The number of amides is 1. The molecule has 1 amide bonds. The molecule has 0 aliphatic carbocycles. The smallest absolute Gasteiger partial charge is 0.341 e. The molecule has 3 rings (SSSR count). The number of esters is 1. The first-order chi connectivity index (χ1) is 15.7. The number of hydrogen-bond acceptors (Lipinski definition) is 7. The fourth-order valence-electron chi connectivity index (χ4n) is 4.01. The maximum Gasteiger partial charge on any atom is 0.341 e. The third-order valence-corrected chi connectivity index (χ3v) is 8.75. The van der Waals surface area contributed by atoms with Gasteiger partial charge >= 0.3 is 5.97 Å². The summed E-state index contributed by atoms with van der Waals surface area (Å²) in [6.07, 6.45) is 1.34. The van der Waals surface area contributed by atoms with E-state index in [1.165, 1.54) is 27.8 Å². The zero-order valence-electron chi connectivity index (χ0n) is 18.9. The number of nitriles is 1. The second kappa shape index (κ2) is 10.5. The zero-order valence-corrected chi connectivity index (χ0v) is 20.5. The minimum atomic E-state index is -3.82. The van der Waals surface area contributed by atoms with Gasteiger partial charge in [0.2, 0.25) is 15.9 Å². The number of ether oxygens (including phenoxy) is 1. The van der Waals surface area contributed by atoms with E-state index in [0.29, 0.717) is 29.8 Å². The molecule has 1 aromatic carbocycles. The van der Waals surface area contributed by atoms with E-state index in [4.69, 9.17) is 4.74 Å². The quantitative estimate of drug-likeness (QED) is 0.593. The highest BCUT2D eigenvalue weighted by Crippen LogP contribution is 2.35. The maximum absolute atomic E-state index is 13.0. The van der Waals surface area contributed by atoms with Crippen molar-refractivity contribution in [2.45, 2.75) is 44.9 Å². The van der Waals surface area contributed by atoms with Crippen LogP contribution in [0.15, 0.2) is 29.2 Å². The van der Waals surface area contributed by atoms with Gasteiger partial charge in [-0.1, -0.05) is 19.1 Å². The summed E-state index contributed by atoms with van der Waals surface area (Å²) in [5, 5.41) is 12.6. The van der Waals surface area contributed by atoms with Crippen molar-refractivity contribution in [1.82, 2.24) is 4.31 Å². The molecule has 0 spiro atoms. The van der Waals surface area contributed by atoms with E-state index in [-0.39, 0.29) is 42.0 Å². The molecule has 176 valence electrons. The summed E-state index contributed by atoms with van der Waals surface area (Å²) in [7, 11) is -3.82. The summed E-state index contributed by atoms with van der Waals surface area (Å²) in [4.78, 5) is 26.4. The van der Waals surface area contributed by atoms with Crippen molar-refractivity contribution in [3.63, 3.8) is 0 Å². The number of sulfonamides is 1. The molecule has 0 atom stereocenters. The van der Waals surface area contributed by atoms with E-state index >= 15 is 0 Å². The van der Waals surface area contributed by atoms with Crippen LogP contribution in [0.4, 0.5) is 5.00 Å². The summed E-state index contributed by atoms with van der Waals surface area (Å²) >= 11 is 1.35. The lowest BCUT2D eigenvalue weighted by Gasteiger charge is -2.30. The number of anilines is 1. The van der Waals surface area contributed by atoms with Crippen LogP contribution >= 0.6 is 11.3 Å². The van der Waals surface area contributed by atoms with Crippen LogP contribution < -0.4 is 5.32 Å². The number of nitrogens with one attached hydrogen (secondary N) is 1. The number of benzene rings is 1. The van der Waals surface area contributed by atoms with Crippen LogP contribution in [0.1, 0.15) is 53.1 Å². The number of thiophene rings is 1. The normalized spacial score (nSPS) is 15.1. The molecule has 10 heteroatoms. The molecular weight excluding hydrogens is 462 g/mol. The summed E-state index contributed by atoms with van der Waals surface area (Å²) in [5.41, 5.74) is 1.37. The van der Waals surface area contributed by atoms with Gasteiger partial charge in [0, 0.05) is 23.9 Å². The number of carbonyl (C=O) groups is 2. The molecule has 0 saturated carbocycles. The van der Waals surface area contributed by atoms with Gasteiger partial charge < -0.3 is 10.1 Å². The van der Waals surface area contributed by atoms with Gasteiger partial charge in [-0.3, -0.25) is 4.79 Å². The molecule has 1 saturated heterocycles. The number of aryl methyl sites for hydroxylation is 1. The largest absolute Gasteiger partial charge is 0.462 e. The summed E-state index contributed by atoms with van der Waals surface area (Å²) in [6.45, 7) is 6.18. The van der Waals surface area contributed by atoms with Crippen molar-refractivity contribution in [1.29, 1.82) is 5.26 Å². The van der Waals surface area contributed by atoms with Crippen LogP contribution in [0, 0.1) is 24.2 Å². The fourth-order valence-corrected chi connectivity index (χ4v) is 6.75. The van der Waals surface area contributed by atoms with Crippen LogP contribution in [0.25, 0.3) is 0 Å². The van der Waals surface area contributed by atoms with Crippen LogP contribution in [-0.4, -0.2) is 44.3 Å². The predicted octanol–water partition coefficient (Wildman–Crippen LogP) is 3.71. The van der Waals surface area contributed by atoms with Crippen molar-refractivity contribution < 1.29 is 22.7 Å². The lowest BCUT2D eigenvalue weighted by Crippen LogP contribution is -2.41. The number of hydrogen-bond donors (Lipinski definition) is 1. The van der Waals surface area contributed by atoms with Crippen molar-refractivity contribution in [3.05, 3.63) is 45.8 Å². The molecule has 0 radical (unpaired) electrons. The van der Waals surface area contributed by atoms with Crippen LogP contribution in [0.5, 0.6) is 0 Å². The molecule has 2 aromatic rings. The summed E-state index contributed by atoms with van der Waals surface area (Å²) in [6, 6.07) is 8.03. The Labute approximate surface area is 198 Å². The molecule has 1 aliphatic heterocycles. The number of carbonyl (C=O) groups excluding carboxylic acids is 2. The van der Waals surface area contributed by atoms with Crippen molar-refractivity contribution >= 4 is 38.2 Å². The SMILES string of the molecule is CCOC(=O)c1c(NC(=O)C2CCN(S(=O)(=O)c3ccccc3C#N)CC2)sc(C)c1CC. The zero-order chi connectivity index (χ0) is 24.2. The Morgan fingerprint density at radius 3 is 2.52 bits per heavy atom. The van der Waals surface area contributed by atoms with Gasteiger partial charge in [0.15, 0.2) is 0 Å². The third kappa shape index (κ3) is 5.11. The van der Waals surface area contributed by atoms with E-state index in [1.807, 2.05) is 19.9 Å². The second-order valence-electron chi connectivity index (χ2n) is 7.69. The minimum Gasteiger partial charge on any atom is -0.462 e. The molecule has 1 fully saturated rings. The molecule has 2 heterocycles. The molecule has 1 aromatic heterocycles. The molecular formula is C23H27N3O5S2. The van der Waals surface area contributed by atoms with E-state index in [1.54, 1.807) is 19.1 Å². The van der Waals surface area contributed by atoms with Gasteiger partial charge in [0.1, 0.15) is 11.1 Å². The summed E-state index contributed by atoms with van der Waals surface area (Å²) < 4.78 is 32.5. The van der Waals surface area contributed by atoms with Gasteiger partial charge in [-0.15, -0.1) is 11.3 Å². The highest BCUT2D eigenvalue weighted by molar-refractivity contribution is 7.89. The molecule has 0 unspecified atom stereocenters. The Kier molecular flexibility index (Phi) is 7.89. The number of piperidine rings is 1. The van der Waals surface area contributed by atoms with E-state index in [0.717, 1.165) is 10.4 Å². The molecule has 0 bridgehead atoms. The van der Waals surface area contributed by atoms with Gasteiger partial charge in [0.05, 0.1) is 22.6 Å². The first kappa shape index (κ1) is 24.9. The lowest BCUT2D eigenvalue weighted by molar-refractivity contribution is -0.120. The van der Waals surface area contributed by atoms with Gasteiger partial charge in [-0.25, -0.2) is 13.2 Å². The second-order valence-corrected chi connectivity index (χ2v) is 10.8. The molecule has 1 N–H and O–H groups in total. The molecule has 33 heavy (non-hydrogen) atoms. The predicted molar refractivity (Wildman–Crippen MR) is 126 cm³/mol. The first-order valence-corrected chi connectivity index (χ1v) is 13.1. The van der Waals surface area contributed by atoms with Gasteiger partial charge in [-0.05, 0) is 50.8 Å². The maximum atomic E-state index is 13.0. The van der Waals surface area contributed by atoms with E-state index in [2.05, 4.69) is 5.32 Å². The Balaban J connectivity index is 1.72. The topological polar surface area (TPSA) is 117 Å². The van der Waals surface area contributed by atoms with E-state index in [9.17, 15) is 23.3 Å². The van der Waals surface area contributed by atoms with Crippen LogP contribution in [-0.2, 0) is 26.0 Å². The Morgan fingerprint density at radius 1 is 1.24 bits per heavy atom. The van der Waals surface area contributed by atoms with Crippen LogP contribution in [0.2, 0.25) is 0 Å². The average Bonchev–Trinajstić information content (AvgIpc) is 3.13. The molecule has 8 nitrogen and oxygen atoms in total. The Morgan fingerprint density at radius 2 is 1.91 bits per heavy atom. The third-order valence-electron chi connectivity index (χ3n) is 5.73. The summed E-state index contributed by atoms with van der Waals surface area (Å²) in [5.74, 6) is -1.07. The van der Waals surface area contributed by atoms with Gasteiger partial charge in [0.25, 0.3) is 0 Å². The molecule has 1 aliphatic rings. The standard InChI is InChI=1S/C23H27N3O5S2/c1-4-18-15(3)32-22(20(18)23(28)31-5-2)25-21(27)16-10-12-26(13-11-16)33(29,30)19-9-7-6-8-17(19)14-24/h6-9,16H,4-5,10-13H2,1-3H3,(H,25,27). The van der Waals surface area contributed by atoms with Gasteiger partial charge in [-0.2, -0.15) is 9.57 Å². The number of rotatable bonds is 7. The highest BCUT2D eigenvalue weighted by atomic mass is 32.2. The fraction of sp³-hybridized carbons (Fsp3) is 0.435. The van der Waals surface area contributed by atoms with Crippen molar-refractivity contribution in [3.8, 4) is 6.07 Å². The van der Waals surface area contributed by atoms with Crippen molar-refractivity contribution in [2.75, 3.05) is 25.0 Å². The van der Waals surface area contributed by atoms with Crippen LogP contribution in [0.3, 0.4) is 0 Å². The number of nitrogens with zero attached hydrogens (tertiary/aromatic N) is 2. The Bertz CT molecular complexity index is 1190. The average molecular weight is 490 g/mol.